The van der Waals surface area contributed by atoms with E-state index in [-0.39, 0.29) is 18.9 Å². The number of nitrogens with one attached hydrogen (secondary N) is 2. The van der Waals surface area contributed by atoms with E-state index in [1.165, 1.54) is 12.0 Å². The number of ether oxygens (including phenoxy) is 4. The summed E-state index contributed by atoms with van der Waals surface area (Å²) in [6.45, 7) is 1.13. The van der Waals surface area contributed by atoms with Gasteiger partial charge in [0.15, 0.2) is 17.7 Å². The summed E-state index contributed by atoms with van der Waals surface area (Å²) in [4.78, 5) is 13.4. The molecule has 142 valence electrons. The second-order valence-corrected chi connectivity index (χ2v) is 6.68. The fourth-order valence-electron chi connectivity index (χ4n) is 3.77. The van der Waals surface area contributed by atoms with Gasteiger partial charge < -0.3 is 29.2 Å². The van der Waals surface area contributed by atoms with E-state index in [4.69, 9.17) is 18.9 Å². The molecule has 0 aromatic heterocycles. The van der Waals surface area contributed by atoms with E-state index >= 15 is 0 Å². The van der Waals surface area contributed by atoms with Crippen molar-refractivity contribution in [1.82, 2.24) is 0 Å². The standard InChI is InChI=1S/C20H22N2O5/c1-22-9-8-12-10-15-17(27-11-26-15)18(24-2)16(12)19(22)21-14-7-5-4-6-13(14)20(23)25-3/h4-7,10,19,21H,8-9,11H2,1-3H3/p+1/t19-/m1/s1. The Morgan fingerprint density at radius 3 is 2.85 bits per heavy atom. The SMILES string of the molecule is COC(=O)c1ccccc1N[C@H]1c2c(cc3c(c2OC)OCO3)CC[NH+]1C. The van der Waals surface area contributed by atoms with Crippen LogP contribution in [0.25, 0.3) is 0 Å². The van der Waals surface area contributed by atoms with E-state index in [1.54, 1.807) is 13.2 Å². The molecule has 0 fully saturated rings. The Hall–Kier alpha value is -2.93. The van der Waals surface area contributed by atoms with Crippen molar-refractivity contribution in [3.05, 3.63) is 47.0 Å². The Labute approximate surface area is 157 Å². The molecule has 2 aliphatic heterocycles. The molecule has 4 rings (SSSR count). The molecule has 2 N–H and O–H groups in total. The lowest BCUT2D eigenvalue weighted by Gasteiger charge is -2.34. The lowest BCUT2D eigenvalue weighted by molar-refractivity contribution is -0.910. The van der Waals surface area contributed by atoms with Gasteiger partial charge in [-0.2, -0.15) is 0 Å². The van der Waals surface area contributed by atoms with E-state index in [2.05, 4.69) is 12.4 Å². The van der Waals surface area contributed by atoms with E-state index in [0.29, 0.717) is 17.1 Å². The van der Waals surface area contributed by atoms with Crippen molar-refractivity contribution in [3.63, 3.8) is 0 Å². The first-order chi connectivity index (χ1) is 13.1. The number of carbonyl (C=O) groups is 1. The third-order valence-corrected chi connectivity index (χ3v) is 5.15. The quantitative estimate of drug-likeness (QED) is 0.792. The summed E-state index contributed by atoms with van der Waals surface area (Å²) >= 11 is 0. The number of hydrogen-bond donors (Lipinski definition) is 2. The van der Waals surface area contributed by atoms with Gasteiger partial charge in [0.1, 0.15) is 0 Å². The second kappa shape index (κ2) is 7.00. The fraction of sp³-hybridized carbons (Fsp3) is 0.350. The highest BCUT2D eigenvalue weighted by atomic mass is 16.7. The highest BCUT2D eigenvalue weighted by Gasteiger charge is 2.37. The molecule has 2 aromatic rings. The number of likely N-dealkylation sites (N-methyl/N-ethyl adjacent to an activating group) is 1. The summed E-state index contributed by atoms with van der Waals surface area (Å²) in [6, 6.07) is 9.39. The van der Waals surface area contributed by atoms with Crippen LogP contribution in [0.2, 0.25) is 0 Å². The van der Waals surface area contributed by atoms with Crippen LogP contribution in [0, 0.1) is 0 Å². The molecule has 7 heteroatoms. The fourth-order valence-corrected chi connectivity index (χ4v) is 3.77. The van der Waals surface area contributed by atoms with Crippen LogP contribution in [0.15, 0.2) is 30.3 Å². The Morgan fingerprint density at radius 1 is 1.26 bits per heavy atom. The van der Waals surface area contributed by atoms with Crippen LogP contribution in [0.3, 0.4) is 0 Å². The van der Waals surface area contributed by atoms with Gasteiger partial charge in [0, 0.05) is 6.42 Å². The van der Waals surface area contributed by atoms with E-state index in [9.17, 15) is 4.79 Å². The molecular weight excluding hydrogens is 348 g/mol. The third kappa shape index (κ3) is 2.94. The summed E-state index contributed by atoms with van der Waals surface area (Å²) in [7, 11) is 5.14. The number of anilines is 1. The van der Waals surface area contributed by atoms with Gasteiger partial charge in [0.05, 0.1) is 44.6 Å². The van der Waals surface area contributed by atoms with Crippen LogP contribution < -0.4 is 24.4 Å². The van der Waals surface area contributed by atoms with Crippen LogP contribution in [-0.2, 0) is 11.2 Å². The molecule has 2 aliphatic rings. The maximum absolute atomic E-state index is 12.1. The zero-order valence-electron chi connectivity index (χ0n) is 15.6. The Kier molecular flexibility index (Phi) is 4.53. The lowest BCUT2D eigenvalue weighted by Crippen LogP contribution is -3.11. The van der Waals surface area contributed by atoms with Crippen LogP contribution in [0.5, 0.6) is 17.2 Å². The molecule has 0 saturated heterocycles. The molecular formula is C20H23N2O5+. The van der Waals surface area contributed by atoms with Crippen molar-refractivity contribution in [2.45, 2.75) is 12.6 Å². The molecule has 0 amide bonds. The molecule has 0 saturated carbocycles. The number of fused-ring (bicyclic) bond motifs is 2. The van der Waals surface area contributed by atoms with Gasteiger partial charge in [-0.25, -0.2) is 4.79 Å². The third-order valence-electron chi connectivity index (χ3n) is 5.15. The predicted molar refractivity (Wildman–Crippen MR) is 98.7 cm³/mol. The molecule has 2 aromatic carbocycles. The van der Waals surface area contributed by atoms with Gasteiger partial charge >= 0.3 is 5.97 Å². The minimum Gasteiger partial charge on any atom is -0.492 e. The van der Waals surface area contributed by atoms with Crippen molar-refractivity contribution < 1.29 is 28.6 Å². The molecule has 0 bridgehead atoms. The Balaban J connectivity index is 1.79. The first-order valence-corrected chi connectivity index (χ1v) is 8.89. The summed E-state index contributed by atoms with van der Waals surface area (Å²) in [5, 5.41) is 3.52. The molecule has 1 unspecified atom stereocenters. The van der Waals surface area contributed by atoms with E-state index in [0.717, 1.165) is 35.5 Å². The van der Waals surface area contributed by atoms with Gasteiger partial charge in [-0.15, -0.1) is 0 Å². The summed E-state index contributed by atoms with van der Waals surface area (Å²) < 4.78 is 21.8. The highest BCUT2D eigenvalue weighted by Crippen LogP contribution is 2.47. The van der Waals surface area contributed by atoms with Crippen molar-refractivity contribution in [2.75, 3.05) is 39.9 Å². The maximum atomic E-state index is 12.1. The normalized spacial score (nSPS) is 20.0. The smallest absolute Gasteiger partial charge is 0.339 e. The van der Waals surface area contributed by atoms with Crippen molar-refractivity contribution in [1.29, 1.82) is 0 Å². The molecule has 2 heterocycles. The zero-order chi connectivity index (χ0) is 19.0. The van der Waals surface area contributed by atoms with E-state index in [1.807, 2.05) is 24.3 Å². The first kappa shape index (κ1) is 17.5. The van der Waals surface area contributed by atoms with Gasteiger partial charge in [0.25, 0.3) is 0 Å². The Bertz CT molecular complexity index is 883. The number of methoxy groups -OCH3 is 2. The molecule has 0 spiro atoms. The second-order valence-electron chi connectivity index (χ2n) is 6.68. The minimum atomic E-state index is -0.371. The number of benzene rings is 2. The average Bonchev–Trinajstić information content (AvgIpc) is 3.16. The number of para-hydroxylation sites is 1. The number of hydrogen-bond acceptors (Lipinski definition) is 6. The van der Waals surface area contributed by atoms with E-state index < -0.39 is 0 Å². The first-order valence-electron chi connectivity index (χ1n) is 8.89. The number of esters is 1. The van der Waals surface area contributed by atoms with Crippen LogP contribution in [-0.4, -0.2) is 40.6 Å². The monoisotopic (exact) mass is 371 g/mol. The average molecular weight is 371 g/mol. The molecule has 27 heavy (non-hydrogen) atoms. The van der Waals surface area contributed by atoms with Crippen LogP contribution in [0.1, 0.15) is 27.7 Å². The number of carbonyl (C=O) groups excluding carboxylic acids is 1. The lowest BCUT2D eigenvalue weighted by atomic mass is 9.94. The molecule has 0 aliphatic carbocycles. The number of rotatable bonds is 4. The molecule has 2 atom stereocenters. The Morgan fingerprint density at radius 2 is 2.07 bits per heavy atom. The zero-order valence-corrected chi connectivity index (χ0v) is 15.6. The minimum absolute atomic E-state index is 0.107. The topological polar surface area (TPSA) is 70.5 Å². The van der Waals surface area contributed by atoms with Crippen molar-refractivity contribution in [3.8, 4) is 17.2 Å². The van der Waals surface area contributed by atoms with Crippen molar-refractivity contribution in [2.24, 2.45) is 0 Å². The summed E-state index contributed by atoms with van der Waals surface area (Å²) in [6.07, 6.45) is 0.800. The summed E-state index contributed by atoms with van der Waals surface area (Å²) in [5.74, 6) is 1.68. The highest BCUT2D eigenvalue weighted by molar-refractivity contribution is 5.95. The number of quaternary nitrogens is 1. The van der Waals surface area contributed by atoms with Gasteiger partial charge in [-0.1, -0.05) is 12.1 Å². The van der Waals surface area contributed by atoms with Crippen molar-refractivity contribution >= 4 is 11.7 Å². The maximum Gasteiger partial charge on any atom is 0.339 e. The van der Waals surface area contributed by atoms with Gasteiger partial charge in [-0.3, -0.25) is 0 Å². The van der Waals surface area contributed by atoms with Gasteiger partial charge in [-0.05, 0) is 23.8 Å². The predicted octanol–water partition coefficient (Wildman–Crippen LogP) is 1.39. The molecule has 0 radical (unpaired) electrons. The van der Waals surface area contributed by atoms with Crippen LogP contribution >= 0.6 is 0 Å². The molecule has 7 nitrogen and oxygen atoms in total. The largest absolute Gasteiger partial charge is 0.492 e. The van der Waals surface area contributed by atoms with Gasteiger partial charge in [0.2, 0.25) is 12.5 Å². The van der Waals surface area contributed by atoms with Crippen LogP contribution in [0.4, 0.5) is 5.69 Å². The summed E-state index contributed by atoms with van der Waals surface area (Å²) in [5.41, 5.74) is 3.42.